The number of halogens is 3. The van der Waals surface area contributed by atoms with Gasteiger partial charge >= 0.3 is 6.18 Å². The number of nitrogens with zero attached hydrogens (tertiary/aromatic N) is 2. The number of amides is 1. The fourth-order valence-electron chi connectivity index (χ4n) is 2.93. The number of aromatic nitrogens is 2. The number of aryl methyl sites for hydroxylation is 1. The summed E-state index contributed by atoms with van der Waals surface area (Å²) in [5.74, 6) is -0.371. The molecule has 3 rings (SSSR count). The summed E-state index contributed by atoms with van der Waals surface area (Å²) in [6, 6.07) is 10.7. The minimum absolute atomic E-state index is 0.128. The highest BCUT2D eigenvalue weighted by Gasteiger charge is 2.39. The average molecular weight is 349 g/mol. The molecule has 0 fully saturated rings. The van der Waals surface area contributed by atoms with Crippen LogP contribution in [-0.2, 0) is 17.5 Å². The molecular formula is C18H18F3N3O. The lowest BCUT2D eigenvalue weighted by Crippen LogP contribution is -2.30. The Morgan fingerprint density at radius 2 is 1.92 bits per heavy atom. The van der Waals surface area contributed by atoms with E-state index in [2.05, 4.69) is 10.4 Å². The zero-order valence-corrected chi connectivity index (χ0v) is 13.9. The number of nitrogens with one attached hydrogen (secondary N) is 1. The quantitative estimate of drug-likeness (QED) is 0.899. The van der Waals surface area contributed by atoms with E-state index < -0.39 is 11.9 Å². The summed E-state index contributed by atoms with van der Waals surface area (Å²) >= 11 is 0. The van der Waals surface area contributed by atoms with Crippen LogP contribution in [0.15, 0.2) is 42.0 Å². The lowest BCUT2D eigenvalue weighted by Gasteiger charge is -2.08. The minimum atomic E-state index is -4.46. The molecule has 7 heteroatoms. The fourth-order valence-corrected chi connectivity index (χ4v) is 2.93. The van der Waals surface area contributed by atoms with Gasteiger partial charge in [0.15, 0.2) is 5.69 Å². The molecule has 1 amide bonds. The summed E-state index contributed by atoms with van der Waals surface area (Å²) in [4.78, 5) is 12.3. The topological polar surface area (TPSA) is 46.9 Å². The van der Waals surface area contributed by atoms with Gasteiger partial charge < -0.3 is 5.32 Å². The van der Waals surface area contributed by atoms with Crippen LogP contribution in [0, 0.1) is 12.8 Å². The van der Waals surface area contributed by atoms with Gasteiger partial charge in [0, 0.05) is 12.2 Å². The first kappa shape index (κ1) is 17.3. The van der Waals surface area contributed by atoms with Gasteiger partial charge in [0.1, 0.15) is 0 Å². The van der Waals surface area contributed by atoms with Crippen molar-refractivity contribution in [1.82, 2.24) is 15.1 Å². The Kier molecular flexibility index (Phi) is 4.41. The van der Waals surface area contributed by atoms with Crippen LogP contribution >= 0.6 is 0 Å². The van der Waals surface area contributed by atoms with E-state index in [1.165, 1.54) is 4.68 Å². The van der Waals surface area contributed by atoms with Crippen LogP contribution < -0.4 is 5.32 Å². The molecule has 1 heterocycles. The number of alkyl halides is 3. The van der Waals surface area contributed by atoms with Crippen molar-refractivity contribution in [2.75, 3.05) is 6.54 Å². The molecule has 0 radical (unpaired) electrons. The first-order valence-electron chi connectivity index (χ1n) is 7.94. The Labute approximate surface area is 143 Å². The molecule has 1 aromatic heterocycles. The van der Waals surface area contributed by atoms with E-state index in [0.29, 0.717) is 5.69 Å². The Bertz CT molecular complexity index is 822. The summed E-state index contributed by atoms with van der Waals surface area (Å²) in [7, 11) is 0. The van der Waals surface area contributed by atoms with Crippen molar-refractivity contribution in [2.45, 2.75) is 26.6 Å². The third kappa shape index (κ3) is 3.60. The summed E-state index contributed by atoms with van der Waals surface area (Å²) in [6.45, 7) is 3.90. The molecule has 0 saturated carbocycles. The molecule has 0 spiro atoms. The van der Waals surface area contributed by atoms with Crippen LogP contribution in [0.5, 0.6) is 0 Å². The van der Waals surface area contributed by atoms with Crippen molar-refractivity contribution in [1.29, 1.82) is 0 Å². The SMILES string of the molecule is CC1=C(c2ccccc2)[C@H]1C(=O)NCCn1nc(C(F)(F)F)cc1C. The molecule has 1 aliphatic rings. The smallest absolute Gasteiger partial charge is 0.353 e. The average Bonchev–Trinajstić information content (AvgIpc) is 3.08. The largest absolute Gasteiger partial charge is 0.435 e. The molecule has 0 aliphatic heterocycles. The van der Waals surface area contributed by atoms with E-state index in [-0.39, 0.29) is 24.9 Å². The van der Waals surface area contributed by atoms with Crippen molar-refractivity contribution >= 4 is 11.5 Å². The maximum Gasteiger partial charge on any atom is 0.435 e. The van der Waals surface area contributed by atoms with Crippen LogP contribution in [-0.4, -0.2) is 22.2 Å². The first-order chi connectivity index (χ1) is 11.8. The lowest BCUT2D eigenvalue weighted by atomic mass is 10.1. The molecule has 1 atom stereocenters. The second-order valence-electron chi connectivity index (χ2n) is 6.08. The van der Waals surface area contributed by atoms with Gasteiger partial charge in [-0.05, 0) is 31.1 Å². The number of benzene rings is 1. The molecule has 0 bridgehead atoms. The lowest BCUT2D eigenvalue weighted by molar-refractivity contribution is -0.141. The summed E-state index contributed by atoms with van der Waals surface area (Å²) in [5.41, 5.74) is 2.57. The molecule has 1 aromatic carbocycles. The molecule has 2 aromatic rings. The number of carbonyl (C=O) groups excluding carboxylic acids is 1. The predicted octanol–water partition coefficient (Wildman–Crippen LogP) is 3.43. The Morgan fingerprint density at radius 1 is 1.24 bits per heavy atom. The van der Waals surface area contributed by atoms with Crippen molar-refractivity contribution in [3.05, 3.63) is 58.9 Å². The van der Waals surface area contributed by atoms with E-state index in [4.69, 9.17) is 0 Å². The number of hydrogen-bond acceptors (Lipinski definition) is 2. The predicted molar refractivity (Wildman–Crippen MR) is 87.5 cm³/mol. The minimum Gasteiger partial charge on any atom is -0.353 e. The van der Waals surface area contributed by atoms with Crippen molar-refractivity contribution in [3.63, 3.8) is 0 Å². The van der Waals surface area contributed by atoms with Crippen LogP contribution in [0.25, 0.3) is 5.57 Å². The first-order valence-corrected chi connectivity index (χ1v) is 7.94. The maximum atomic E-state index is 12.6. The molecule has 4 nitrogen and oxygen atoms in total. The third-order valence-electron chi connectivity index (χ3n) is 4.30. The van der Waals surface area contributed by atoms with Crippen LogP contribution in [0.2, 0.25) is 0 Å². The molecule has 132 valence electrons. The highest BCUT2D eigenvalue weighted by Crippen LogP contribution is 2.46. The van der Waals surface area contributed by atoms with Gasteiger partial charge in [-0.3, -0.25) is 9.48 Å². The van der Waals surface area contributed by atoms with Crippen LogP contribution in [0.3, 0.4) is 0 Å². The van der Waals surface area contributed by atoms with E-state index in [1.807, 2.05) is 37.3 Å². The van der Waals surface area contributed by atoms with Gasteiger partial charge in [-0.1, -0.05) is 35.9 Å². The van der Waals surface area contributed by atoms with E-state index in [1.54, 1.807) is 6.92 Å². The number of hydrogen-bond donors (Lipinski definition) is 1. The Balaban J connectivity index is 1.54. The second kappa shape index (κ2) is 6.38. The summed E-state index contributed by atoms with van der Waals surface area (Å²) in [5, 5.41) is 6.32. The molecule has 0 unspecified atom stereocenters. The van der Waals surface area contributed by atoms with E-state index in [9.17, 15) is 18.0 Å². The van der Waals surface area contributed by atoms with Gasteiger partial charge in [-0.2, -0.15) is 18.3 Å². The van der Waals surface area contributed by atoms with Gasteiger partial charge in [0.25, 0.3) is 0 Å². The molecule has 25 heavy (non-hydrogen) atoms. The highest BCUT2D eigenvalue weighted by atomic mass is 19.4. The molecular weight excluding hydrogens is 331 g/mol. The maximum absolute atomic E-state index is 12.6. The van der Waals surface area contributed by atoms with Gasteiger partial charge in [0.05, 0.1) is 12.5 Å². The normalized spacial score (nSPS) is 16.9. The van der Waals surface area contributed by atoms with Crippen molar-refractivity contribution < 1.29 is 18.0 Å². The standard InChI is InChI=1S/C18H18F3N3O/c1-11-10-14(18(19,20)21)23-24(11)9-8-22-17(25)16-12(2)15(16)13-6-4-3-5-7-13/h3-7,10,16H,8-9H2,1-2H3,(H,22,25)/t16-/m0/s1. The van der Waals surface area contributed by atoms with Crippen molar-refractivity contribution in [3.8, 4) is 0 Å². The number of rotatable bonds is 5. The zero-order valence-electron chi connectivity index (χ0n) is 13.9. The van der Waals surface area contributed by atoms with Crippen molar-refractivity contribution in [2.24, 2.45) is 5.92 Å². The monoisotopic (exact) mass is 349 g/mol. The fraction of sp³-hybridized carbons (Fsp3) is 0.333. The molecule has 1 N–H and O–H groups in total. The summed E-state index contributed by atoms with van der Waals surface area (Å²) in [6.07, 6.45) is -4.46. The van der Waals surface area contributed by atoms with Crippen LogP contribution in [0.1, 0.15) is 23.9 Å². The Morgan fingerprint density at radius 3 is 2.52 bits per heavy atom. The summed E-state index contributed by atoms with van der Waals surface area (Å²) < 4.78 is 39.2. The van der Waals surface area contributed by atoms with Crippen LogP contribution in [0.4, 0.5) is 13.2 Å². The third-order valence-corrected chi connectivity index (χ3v) is 4.30. The highest BCUT2D eigenvalue weighted by molar-refractivity contribution is 6.05. The Hall–Kier alpha value is -2.57. The number of carbonyl (C=O) groups is 1. The second-order valence-corrected chi connectivity index (χ2v) is 6.08. The van der Waals surface area contributed by atoms with Gasteiger partial charge in [-0.25, -0.2) is 0 Å². The van der Waals surface area contributed by atoms with E-state index in [0.717, 1.165) is 22.8 Å². The molecule has 0 saturated heterocycles. The van der Waals surface area contributed by atoms with Gasteiger partial charge in [-0.15, -0.1) is 0 Å². The van der Waals surface area contributed by atoms with Gasteiger partial charge in [0.2, 0.25) is 5.91 Å². The van der Waals surface area contributed by atoms with E-state index >= 15 is 0 Å². The zero-order chi connectivity index (χ0) is 18.2. The molecule has 1 aliphatic carbocycles.